The number of para-hydroxylation sites is 1. The maximum atomic E-state index is 13.6. The van der Waals surface area contributed by atoms with Crippen molar-refractivity contribution in [3.63, 3.8) is 0 Å². The van der Waals surface area contributed by atoms with Crippen molar-refractivity contribution in [2.45, 2.75) is 44.6 Å². The second kappa shape index (κ2) is 13.5. The third kappa shape index (κ3) is 5.29. The van der Waals surface area contributed by atoms with Crippen LogP contribution in [0.5, 0.6) is 0 Å². The van der Waals surface area contributed by atoms with Gasteiger partial charge in [-0.3, -0.25) is 19.2 Å². The number of anilines is 1. The van der Waals surface area contributed by atoms with E-state index in [0.29, 0.717) is 54.0 Å². The van der Waals surface area contributed by atoms with Crippen LogP contribution in [0.1, 0.15) is 59.6 Å². The fourth-order valence-electron chi connectivity index (χ4n) is 9.35. The SMILES string of the molecule is COC[C@H]1OC(=O)c2coc3c2[C@@]1(C)C1=C(C3=O)C2CCC(=O)[C@@]2(C)[C@@H](C(=O)OC)C1.O=c1cc(N2CCOCC2)oc2c(-c3ccccc3)cccc12. The van der Waals surface area contributed by atoms with Crippen molar-refractivity contribution in [2.24, 2.45) is 17.3 Å². The van der Waals surface area contributed by atoms with Gasteiger partial charge in [-0.25, -0.2) is 4.79 Å². The number of esters is 2. The summed E-state index contributed by atoms with van der Waals surface area (Å²) in [5, 5.41) is 0.614. The molecule has 54 heavy (non-hydrogen) atoms. The Balaban J connectivity index is 0.000000160. The highest BCUT2D eigenvalue weighted by Gasteiger charge is 2.65. The molecule has 0 spiro atoms. The Labute approximate surface area is 311 Å². The Hall–Kier alpha value is -5.33. The normalized spacial score (nSPS) is 27.1. The minimum absolute atomic E-state index is 0.00878. The number of nitrogens with zero attached hydrogens (tertiary/aromatic N) is 1. The molecule has 1 saturated heterocycles. The number of Topliss-reactive ketones (excluding diaryl/α,β-unsaturated/α-hetero) is 2. The predicted octanol–water partition coefficient (Wildman–Crippen LogP) is 5.69. The van der Waals surface area contributed by atoms with Crippen LogP contribution in [0, 0.1) is 17.3 Å². The Morgan fingerprint density at radius 2 is 1.72 bits per heavy atom. The molecular weight excluding hydrogens is 694 g/mol. The highest BCUT2D eigenvalue weighted by molar-refractivity contribution is 6.14. The number of carbonyl (C=O) groups is 4. The van der Waals surface area contributed by atoms with Gasteiger partial charge in [0.05, 0.1) is 43.6 Å². The Morgan fingerprint density at radius 1 is 0.963 bits per heavy atom. The summed E-state index contributed by atoms with van der Waals surface area (Å²) in [5.41, 5.74) is 2.63. The summed E-state index contributed by atoms with van der Waals surface area (Å²) in [7, 11) is 2.82. The number of carbonyl (C=O) groups excluding carboxylic acids is 4. The van der Waals surface area contributed by atoms with Crippen LogP contribution < -0.4 is 10.3 Å². The minimum Gasteiger partial charge on any atom is -0.469 e. The van der Waals surface area contributed by atoms with Crippen molar-refractivity contribution in [3.05, 3.63) is 99.1 Å². The van der Waals surface area contributed by atoms with E-state index in [2.05, 4.69) is 4.90 Å². The number of fused-ring (bicyclic) bond motifs is 4. The van der Waals surface area contributed by atoms with E-state index in [0.717, 1.165) is 29.8 Å². The third-order valence-electron chi connectivity index (χ3n) is 12.2. The molecule has 2 aromatic heterocycles. The second-order valence-corrected chi connectivity index (χ2v) is 14.8. The number of morpholine rings is 1. The van der Waals surface area contributed by atoms with Crippen molar-refractivity contribution in [1.82, 2.24) is 0 Å². The average Bonchev–Trinajstić information content (AvgIpc) is 3.79. The van der Waals surface area contributed by atoms with E-state index >= 15 is 0 Å². The number of hydrogen-bond acceptors (Lipinski definition) is 12. The molecule has 1 saturated carbocycles. The van der Waals surface area contributed by atoms with Crippen LogP contribution in [-0.2, 0) is 34.0 Å². The molecule has 2 fully saturated rings. The fraction of sp³-hybridized carbons (Fsp3) is 0.405. The molecule has 0 N–H and O–H groups in total. The smallest absolute Gasteiger partial charge is 0.342 e. The highest BCUT2D eigenvalue weighted by Crippen LogP contribution is 2.62. The van der Waals surface area contributed by atoms with Crippen molar-refractivity contribution in [2.75, 3.05) is 52.0 Å². The molecule has 1 unspecified atom stereocenters. The molecule has 12 heteroatoms. The first-order chi connectivity index (χ1) is 26.0. The van der Waals surface area contributed by atoms with E-state index in [4.69, 9.17) is 27.8 Å². The molecule has 2 aliphatic heterocycles. The van der Waals surface area contributed by atoms with Crippen LogP contribution in [-0.4, -0.2) is 76.7 Å². The number of cyclic esters (lactones) is 1. The fourth-order valence-corrected chi connectivity index (χ4v) is 9.35. The molecule has 0 amide bonds. The topological polar surface area (TPSA) is 152 Å². The molecule has 12 nitrogen and oxygen atoms in total. The average molecular weight is 736 g/mol. The third-order valence-corrected chi connectivity index (χ3v) is 12.2. The largest absolute Gasteiger partial charge is 0.469 e. The first kappa shape index (κ1) is 35.7. The zero-order chi connectivity index (χ0) is 37.9. The summed E-state index contributed by atoms with van der Waals surface area (Å²) in [6.07, 6.45) is 1.50. The number of furan rings is 1. The number of benzene rings is 2. The number of ketones is 2. The van der Waals surface area contributed by atoms with Crippen molar-refractivity contribution in [3.8, 4) is 11.1 Å². The molecule has 4 heterocycles. The van der Waals surface area contributed by atoms with E-state index in [-0.39, 0.29) is 41.3 Å². The van der Waals surface area contributed by atoms with Gasteiger partial charge in [0.15, 0.2) is 17.1 Å². The van der Waals surface area contributed by atoms with E-state index in [1.807, 2.05) is 55.5 Å². The molecule has 3 aliphatic carbocycles. The second-order valence-electron chi connectivity index (χ2n) is 14.8. The first-order valence-electron chi connectivity index (χ1n) is 18.2. The predicted molar refractivity (Wildman–Crippen MR) is 195 cm³/mol. The standard InChI is InChI=1S/C23H24O8.C19H17NO3/c1-22-11(5-6-14(22)24)16-12(7-13(22)21(27)29-4)23(2)15(9-28-3)31-20(26)10-8-30-19(17(10)23)18(16)25;21-17-13-18(20-9-11-22-12-10-20)23-19-15(7-4-8-16(17)19)14-5-2-1-3-6-14/h8,11,13,15H,5-7,9H2,1-4H3;1-8,13H,9-12H2/t11?,13-,15-,22-,23+;/m1./s1. The number of rotatable bonds is 5. The lowest BCUT2D eigenvalue weighted by Crippen LogP contribution is -2.56. The van der Waals surface area contributed by atoms with Gasteiger partial charge in [0, 0.05) is 60.7 Å². The van der Waals surface area contributed by atoms with Crippen LogP contribution in [0.2, 0.25) is 0 Å². The number of ether oxygens (including phenoxy) is 4. The highest BCUT2D eigenvalue weighted by atomic mass is 16.6. The van der Waals surface area contributed by atoms with Crippen molar-refractivity contribution >= 4 is 40.4 Å². The summed E-state index contributed by atoms with van der Waals surface area (Å²) in [6.45, 7) is 6.57. The lowest BCUT2D eigenvalue weighted by atomic mass is 9.52. The van der Waals surface area contributed by atoms with Crippen LogP contribution in [0.25, 0.3) is 22.1 Å². The van der Waals surface area contributed by atoms with Gasteiger partial charge >= 0.3 is 11.9 Å². The molecule has 5 atom stereocenters. The molecule has 280 valence electrons. The maximum Gasteiger partial charge on any atom is 0.342 e. The molecule has 0 bridgehead atoms. The van der Waals surface area contributed by atoms with Crippen molar-refractivity contribution in [1.29, 1.82) is 0 Å². The number of allylic oxidation sites excluding steroid dienone is 1. The monoisotopic (exact) mass is 735 g/mol. The maximum absolute atomic E-state index is 13.6. The van der Waals surface area contributed by atoms with Gasteiger partial charge in [0.1, 0.15) is 29.3 Å². The first-order valence-corrected chi connectivity index (χ1v) is 18.2. The Kier molecular flexibility index (Phi) is 8.93. The molecule has 5 aliphatic rings. The zero-order valence-corrected chi connectivity index (χ0v) is 30.6. The molecule has 4 aromatic rings. The zero-order valence-electron chi connectivity index (χ0n) is 30.6. The summed E-state index contributed by atoms with van der Waals surface area (Å²) < 4.78 is 33.3. The molecule has 0 radical (unpaired) electrons. The van der Waals surface area contributed by atoms with Gasteiger partial charge in [-0.1, -0.05) is 49.4 Å². The minimum atomic E-state index is -1.02. The van der Waals surface area contributed by atoms with Crippen LogP contribution in [0.15, 0.2) is 85.6 Å². The lowest BCUT2D eigenvalue weighted by molar-refractivity contribution is -0.155. The summed E-state index contributed by atoms with van der Waals surface area (Å²) in [6, 6.07) is 17.3. The Bertz CT molecular complexity index is 2280. The van der Waals surface area contributed by atoms with Crippen LogP contribution in [0.4, 0.5) is 5.88 Å². The summed E-state index contributed by atoms with van der Waals surface area (Å²) in [4.78, 5) is 66.6. The van der Waals surface area contributed by atoms with Gasteiger partial charge in [-0.05, 0) is 37.0 Å². The summed E-state index contributed by atoms with van der Waals surface area (Å²) in [5.74, 6) is -1.80. The summed E-state index contributed by atoms with van der Waals surface area (Å²) >= 11 is 0. The van der Waals surface area contributed by atoms with Gasteiger partial charge in [0.25, 0.3) is 0 Å². The van der Waals surface area contributed by atoms with E-state index in [1.54, 1.807) is 13.0 Å². The Morgan fingerprint density at radius 3 is 2.44 bits per heavy atom. The lowest BCUT2D eigenvalue weighted by Gasteiger charge is -2.51. The van der Waals surface area contributed by atoms with Gasteiger partial charge in [-0.2, -0.15) is 0 Å². The molecular formula is C42H41NO11. The van der Waals surface area contributed by atoms with Gasteiger partial charge in [-0.15, -0.1) is 0 Å². The van der Waals surface area contributed by atoms with E-state index in [9.17, 15) is 24.0 Å². The number of hydrogen-bond donors (Lipinski definition) is 0. The molecule has 9 rings (SSSR count). The quantitative estimate of drug-likeness (QED) is 0.232. The van der Waals surface area contributed by atoms with Crippen LogP contribution >= 0.6 is 0 Å². The van der Waals surface area contributed by atoms with Crippen molar-refractivity contribution < 1.29 is 47.0 Å². The van der Waals surface area contributed by atoms with Gasteiger partial charge in [0.2, 0.25) is 5.78 Å². The number of methoxy groups -OCH3 is 2. The molecule has 2 aromatic carbocycles. The van der Waals surface area contributed by atoms with E-state index < -0.39 is 40.7 Å². The van der Waals surface area contributed by atoms with E-state index in [1.165, 1.54) is 20.5 Å². The van der Waals surface area contributed by atoms with Gasteiger partial charge < -0.3 is 32.7 Å². The van der Waals surface area contributed by atoms with Crippen LogP contribution in [0.3, 0.4) is 0 Å².